The van der Waals surface area contributed by atoms with Crippen LogP contribution in [0.1, 0.15) is 18.4 Å². The molecule has 0 aromatic heterocycles. The van der Waals surface area contributed by atoms with Crippen LogP contribution >= 0.6 is 0 Å². The van der Waals surface area contributed by atoms with Crippen LogP contribution in [0.25, 0.3) is 0 Å². The third-order valence-corrected chi connectivity index (χ3v) is 4.40. The summed E-state index contributed by atoms with van der Waals surface area (Å²) in [6.07, 6.45) is 1.18. The summed E-state index contributed by atoms with van der Waals surface area (Å²) in [6.45, 7) is -1.28. The Hall–Kier alpha value is -1.93. The highest BCUT2D eigenvalue weighted by Gasteiger charge is 2.41. The van der Waals surface area contributed by atoms with Gasteiger partial charge < -0.3 is 24.4 Å². The van der Waals surface area contributed by atoms with E-state index in [-0.39, 0.29) is 24.0 Å². The number of carbonyl (C=O) groups is 1. The summed E-state index contributed by atoms with van der Waals surface area (Å²) in [7, 11) is 4.59. The van der Waals surface area contributed by atoms with Gasteiger partial charge in [0.25, 0.3) is 5.91 Å². The second kappa shape index (κ2) is 8.44. The lowest BCUT2D eigenvalue weighted by atomic mass is 9.90. The Bertz CT molecular complexity index is 592. The third kappa shape index (κ3) is 4.58. The van der Waals surface area contributed by atoms with Crippen molar-refractivity contribution in [2.45, 2.75) is 31.6 Å². The summed E-state index contributed by atoms with van der Waals surface area (Å²) < 4.78 is 40.1. The molecule has 6 nitrogen and oxygen atoms in total. The Morgan fingerprint density at radius 2 is 1.96 bits per heavy atom. The summed E-state index contributed by atoms with van der Waals surface area (Å²) >= 11 is 0. The van der Waals surface area contributed by atoms with E-state index in [2.05, 4.69) is 10.1 Å². The molecule has 0 unspecified atom stereocenters. The molecule has 140 valence electrons. The number of nitrogens with one attached hydrogen (secondary N) is 1. The molecule has 0 bridgehead atoms. The fourth-order valence-electron chi connectivity index (χ4n) is 3.04. The summed E-state index contributed by atoms with van der Waals surface area (Å²) in [5, 5.41) is 3.20. The fourth-order valence-corrected chi connectivity index (χ4v) is 3.04. The average Bonchev–Trinajstić information content (AvgIpc) is 2.61. The molecule has 0 aliphatic carbocycles. The number of alkyl halides is 2. The molecular weight excluding hydrogens is 334 g/mol. The SMILES string of the molecule is COc1ccc(CN(C)C(=O)C2(OC)CCNCC2)cc1OC(F)F. The number of amides is 1. The zero-order chi connectivity index (χ0) is 18.4. The van der Waals surface area contributed by atoms with Crippen LogP contribution in [-0.2, 0) is 16.1 Å². The standard InChI is InChI=1S/C17H24F2N2O4/c1-21(15(22)17(24-3)6-8-20-9-7-17)11-12-4-5-13(23-2)14(10-12)25-16(18)19/h4-5,10,16,20H,6-9,11H2,1-3H3. The molecule has 8 heteroatoms. The molecule has 1 fully saturated rings. The molecule has 1 aliphatic heterocycles. The van der Waals surface area contributed by atoms with Crippen LogP contribution in [0.15, 0.2) is 18.2 Å². The van der Waals surface area contributed by atoms with E-state index in [9.17, 15) is 13.6 Å². The van der Waals surface area contributed by atoms with Crippen LogP contribution < -0.4 is 14.8 Å². The van der Waals surface area contributed by atoms with Crippen LogP contribution in [-0.4, -0.2) is 57.4 Å². The zero-order valence-electron chi connectivity index (χ0n) is 14.7. The highest BCUT2D eigenvalue weighted by molar-refractivity contribution is 5.85. The van der Waals surface area contributed by atoms with Gasteiger partial charge in [0.2, 0.25) is 0 Å². The summed E-state index contributed by atoms with van der Waals surface area (Å²) in [4.78, 5) is 14.4. The minimum atomic E-state index is -2.95. The second-order valence-electron chi connectivity index (χ2n) is 5.97. The number of hydrogen-bond acceptors (Lipinski definition) is 5. The van der Waals surface area contributed by atoms with E-state index in [1.807, 2.05) is 0 Å². The van der Waals surface area contributed by atoms with E-state index in [0.717, 1.165) is 0 Å². The Kier molecular flexibility index (Phi) is 6.55. The van der Waals surface area contributed by atoms with Gasteiger partial charge in [0, 0.05) is 20.7 Å². The van der Waals surface area contributed by atoms with Crippen molar-refractivity contribution in [3.8, 4) is 11.5 Å². The minimum Gasteiger partial charge on any atom is -0.493 e. The molecule has 1 aliphatic rings. The van der Waals surface area contributed by atoms with Crippen LogP contribution in [0.2, 0.25) is 0 Å². The van der Waals surface area contributed by atoms with E-state index in [1.165, 1.54) is 13.2 Å². The Morgan fingerprint density at radius 3 is 2.52 bits per heavy atom. The molecular formula is C17H24F2N2O4. The number of piperidine rings is 1. The van der Waals surface area contributed by atoms with Gasteiger partial charge in [-0.1, -0.05) is 6.07 Å². The van der Waals surface area contributed by atoms with E-state index in [4.69, 9.17) is 9.47 Å². The van der Waals surface area contributed by atoms with E-state index >= 15 is 0 Å². The highest BCUT2D eigenvalue weighted by Crippen LogP contribution is 2.31. The largest absolute Gasteiger partial charge is 0.493 e. The first-order chi connectivity index (χ1) is 11.9. The van der Waals surface area contributed by atoms with Gasteiger partial charge in [0.1, 0.15) is 5.60 Å². The van der Waals surface area contributed by atoms with Crippen molar-refractivity contribution in [3.63, 3.8) is 0 Å². The lowest BCUT2D eigenvalue weighted by Crippen LogP contribution is -2.54. The Morgan fingerprint density at radius 1 is 1.28 bits per heavy atom. The lowest BCUT2D eigenvalue weighted by molar-refractivity contribution is -0.157. The van der Waals surface area contributed by atoms with Crippen molar-refractivity contribution in [3.05, 3.63) is 23.8 Å². The Labute approximate surface area is 146 Å². The average molecular weight is 358 g/mol. The first-order valence-corrected chi connectivity index (χ1v) is 8.05. The van der Waals surface area contributed by atoms with Crippen LogP contribution in [0.3, 0.4) is 0 Å². The molecule has 0 radical (unpaired) electrons. The molecule has 1 aromatic carbocycles. The molecule has 1 saturated heterocycles. The number of likely N-dealkylation sites (N-methyl/N-ethyl adjacent to an activating group) is 1. The number of methoxy groups -OCH3 is 2. The molecule has 1 N–H and O–H groups in total. The van der Waals surface area contributed by atoms with Gasteiger partial charge in [-0.15, -0.1) is 0 Å². The van der Waals surface area contributed by atoms with Gasteiger partial charge in [0.15, 0.2) is 11.5 Å². The maximum atomic E-state index is 12.8. The van der Waals surface area contributed by atoms with Gasteiger partial charge in [-0.3, -0.25) is 4.79 Å². The molecule has 2 rings (SSSR count). The van der Waals surface area contributed by atoms with Crippen LogP contribution in [0.4, 0.5) is 8.78 Å². The topological polar surface area (TPSA) is 60.0 Å². The second-order valence-corrected chi connectivity index (χ2v) is 5.97. The zero-order valence-corrected chi connectivity index (χ0v) is 14.7. The number of ether oxygens (including phenoxy) is 3. The monoisotopic (exact) mass is 358 g/mol. The maximum absolute atomic E-state index is 12.8. The normalized spacial score (nSPS) is 16.6. The van der Waals surface area contributed by atoms with Crippen molar-refractivity contribution >= 4 is 5.91 Å². The fraction of sp³-hybridized carbons (Fsp3) is 0.588. The number of carbonyl (C=O) groups excluding carboxylic acids is 1. The Balaban J connectivity index is 2.13. The lowest BCUT2D eigenvalue weighted by Gasteiger charge is -2.37. The van der Waals surface area contributed by atoms with Gasteiger partial charge in [0.05, 0.1) is 7.11 Å². The van der Waals surface area contributed by atoms with E-state index in [0.29, 0.717) is 31.5 Å². The van der Waals surface area contributed by atoms with Crippen molar-refractivity contribution in [1.29, 1.82) is 0 Å². The summed E-state index contributed by atoms with van der Waals surface area (Å²) in [5.41, 5.74) is -0.179. The molecule has 1 heterocycles. The smallest absolute Gasteiger partial charge is 0.387 e. The maximum Gasteiger partial charge on any atom is 0.387 e. The van der Waals surface area contributed by atoms with Crippen LogP contribution in [0.5, 0.6) is 11.5 Å². The van der Waals surface area contributed by atoms with E-state index in [1.54, 1.807) is 31.2 Å². The summed E-state index contributed by atoms with van der Waals surface area (Å²) in [5.74, 6) is 0.0348. The molecule has 0 spiro atoms. The first-order valence-electron chi connectivity index (χ1n) is 8.05. The van der Waals surface area contributed by atoms with Crippen LogP contribution in [0, 0.1) is 0 Å². The van der Waals surface area contributed by atoms with Crippen molar-refractivity contribution < 1.29 is 27.8 Å². The highest BCUT2D eigenvalue weighted by atomic mass is 19.3. The van der Waals surface area contributed by atoms with E-state index < -0.39 is 12.2 Å². The predicted molar refractivity (Wildman–Crippen MR) is 87.9 cm³/mol. The number of rotatable bonds is 7. The molecule has 25 heavy (non-hydrogen) atoms. The first kappa shape index (κ1) is 19.4. The number of nitrogens with zero attached hydrogens (tertiary/aromatic N) is 1. The van der Waals surface area contributed by atoms with Crippen molar-refractivity contribution in [2.24, 2.45) is 0 Å². The molecule has 0 saturated carbocycles. The van der Waals surface area contributed by atoms with Gasteiger partial charge in [-0.05, 0) is 43.6 Å². The third-order valence-electron chi connectivity index (χ3n) is 4.40. The summed E-state index contributed by atoms with van der Waals surface area (Å²) in [6, 6.07) is 4.71. The molecule has 1 aromatic rings. The van der Waals surface area contributed by atoms with Crippen molar-refractivity contribution in [2.75, 3.05) is 34.4 Å². The molecule has 1 amide bonds. The number of hydrogen-bond donors (Lipinski definition) is 1. The van der Waals surface area contributed by atoms with Crippen molar-refractivity contribution in [1.82, 2.24) is 10.2 Å². The minimum absolute atomic E-state index is 0.0563. The molecule has 0 atom stereocenters. The number of benzene rings is 1. The quantitative estimate of drug-likeness (QED) is 0.808. The van der Waals surface area contributed by atoms with Gasteiger partial charge in [-0.2, -0.15) is 8.78 Å². The van der Waals surface area contributed by atoms with Gasteiger partial charge >= 0.3 is 6.61 Å². The van der Waals surface area contributed by atoms with Gasteiger partial charge in [-0.25, -0.2) is 0 Å². The predicted octanol–water partition coefficient (Wildman–Crippen LogP) is 2.02. The number of halogens is 2.